The van der Waals surface area contributed by atoms with Gasteiger partial charge >= 0.3 is 0 Å². The molecule has 4 aromatic heterocycles. The first-order valence-corrected chi connectivity index (χ1v) is 10.9. The van der Waals surface area contributed by atoms with Crippen LogP contribution >= 0.6 is 0 Å². The number of hydrogen-bond acceptors (Lipinski definition) is 5. The van der Waals surface area contributed by atoms with Gasteiger partial charge in [0.25, 0.3) is 0 Å². The van der Waals surface area contributed by atoms with E-state index in [2.05, 4.69) is 73.7 Å². The molecule has 1 fully saturated rings. The second-order valence-electron chi connectivity index (χ2n) is 8.21. The van der Waals surface area contributed by atoms with Gasteiger partial charge in [0.2, 0.25) is 0 Å². The van der Waals surface area contributed by atoms with Crippen LogP contribution in [0, 0.1) is 6.92 Å². The minimum Gasteiger partial charge on any atom is -0.368 e. The molecule has 0 radical (unpaired) electrons. The maximum Gasteiger partial charge on any atom is 0.181 e. The van der Waals surface area contributed by atoms with Gasteiger partial charge in [-0.25, -0.2) is 4.98 Å². The number of likely N-dealkylation sites (N-methyl/N-ethyl adjacent to an activating group) is 1. The van der Waals surface area contributed by atoms with Crippen LogP contribution in [-0.4, -0.2) is 68.2 Å². The number of allylic oxidation sites excluding steroid dienone is 2. The number of fused-ring (bicyclic) bond motifs is 1. The number of aryl methyl sites for hydroxylation is 1. The number of aromatic nitrogens is 5. The molecule has 162 valence electrons. The predicted molar refractivity (Wildman–Crippen MR) is 129 cm³/mol. The van der Waals surface area contributed by atoms with Gasteiger partial charge in [0.05, 0.1) is 17.1 Å². The van der Waals surface area contributed by atoms with Crippen LogP contribution in [0.4, 0.5) is 0 Å². The number of nitrogens with zero attached hydrogens (tertiary/aromatic N) is 5. The van der Waals surface area contributed by atoms with E-state index in [1.165, 1.54) is 11.3 Å². The Kier molecular flexibility index (Phi) is 5.33. The van der Waals surface area contributed by atoms with Crippen molar-refractivity contribution < 1.29 is 0 Å². The van der Waals surface area contributed by atoms with E-state index in [0.717, 1.165) is 59.9 Å². The van der Waals surface area contributed by atoms with Crippen LogP contribution in [0.2, 0.25) is 0 Å². The van der Waals surface area contributed by atoms with E-state index in [-0.39, 0.29) is 0 Å². The average molecular weight is 426 g/mol. The van der Waals surface area contributed by atoms with E-state index >= 15 is 0 Å². The molecule has 5 rings (SSSR count). The van der Waals surface area contributed by atoms with Crippen LogP contribution in [0.15, 0.2) is 61.5 Å². The molecule has 0 unspecified atom stereocenters. The average Bonchev–Trinajstić information content (AvgIpc) is 3.41. The van der Waals surface area contributed by atoms with Gasteiger partial charge in [0, 0.05) is 66.5 Å². The van der Waals surface area contributed by atoms with Gasteiger partial charge in [-0.2, -0.15) is 5.10 Å². The molecule has 1 aliphatic rings. The summed E-state index contributed by atoms with van der Waals surface area (Å²) in [5.74, 6) is 0. The van der Waals surface area contributed by atoms with Crippen molar-refractivity contribution in [3.05, 3.63) is 72.7 Å². The second kappa shape index (κ2) is 8.43. The summed E-state index contributed by atoms with van der Waals surface area (Å²) in [6.07, 6.45) is 7.59. The fraction of sp³-hybridized carbons (Fsp3) is 0.240. The number of aromatic amines is 2. The molecule has 0 aliphatic carbocycles. The number of hydrogen-bond donors (Lipinski definition) is 2. The van der Waals surface area contributed by atoms with E-state index in [4.69, 9.17) is 0 Å². The monoisotopic (exact) mass is 425 g/mol. The van der Waals surface area contributed by atoms with E-state index in [0.29, 0.717) is 5.65 Å². The van der Waals surface area contributed by atoms with Gasteiger partial charge in [-0.05, 0) is 44.3 Å². The first-order chi connectivity index (χ1) is 15.6. The van der Waals surface area contributed by atoms with Gasteiger partial charge in [-0.3, -0.25) is 10.1 Å². The summed E-state index contributed by atoms with van der Waals surface area (Å²) in [5.41, 5.74) is 7.96. The smallest absolute Gasteiger partial charge is 0.181 e. The van der Waals surface area contributed by atoms with Crippen molar-refractivity contribution in [2.24, 2.45) is 0 Å². The molecule has 1 aliphatic heterocycles. The minimum atomic E-state index is 0.689. The Morgan fingerprint density at radius 3 is 2.72 bits per heavy atom. The zero-order valence-electron chi connectivity index (χ0n) is 18.5. The molecule has 4 aromatic rings. The van der Waals surface area contributed by atoms with Crippen LogP contribution < -0.4 is 0 Å². The van der Waals surface area contributed by atoms with Crippen molar-refractivity contribution in [2.75, 3.05) is 33.2 Å². The number of pyridine rings is 2. The highest BCUT2D eigenvalue weighted by Gasteiger charge is 2.21. The second-order valence-corrected chi connectivity index (χ2v) is 8.21. The molecular formula is C25H27N7. The molecule has 7 nitrogen and oxygen atoms in total. The van der Waals surface area contributed by atoms with Crippen LogP contribution in [0.25, 0.3) is 39.4 Å². The third-order valence-corrected chi connectivity index (χ3v) is 6.05. The summed E-state index contributed by atoms with van der Waals surface area (Å²) in [6.45, 7) is 10.2. The summed E-state index contributed by atoms with van der Waals surface area (Å²) < 4.78 is 0. The van der Waals surface area contributed by atoms with E-state index in [9.17, 15) is 0 Å². The Hall–Kier alpha value is -3.71. The maximum absolute atomic E-state index is 4.54. The number of H-pyrrole nitrogens is 2. The van der Waals surface area contributed by atoms with Crippen LogP contribution in [-0.2, 0) is 0 Å². The Morgan fingerprint density at radius 1 is 1.12 bits per heavy atom. The van der Waals surface area contributed by atoms with Crippen molar-refractivity contribution >= 4 is 16.7 Å². The highest BCUT2D eigenvalue weighted by atomic mass is 15.3. The lowest BCUT2D eigenvalue weighted by atomic mass is 10.1. The van der Waals surface area contributed by atoms with E-state index in [1.54, 1.807) is 6.20 Å². The standard InChI is InChI=1S/C25H27N7/c1-4-7-23(32-12-10-31(3)11-13-32)19-15-22(28-17(19)2)24-20-14-18(16-27-25(20)30-29-24)21-8-5-6-9-26-21/h4-9,14-16,28H,1,10-13H2,2-3H3,(H,27,29,30)/b23-7+. The van der Waals surface area contributed by atoms with Crippen molar-refractivity contribution in [3.8, 4) is 22.6 Å². The predicted octanol–water partition coefficient (Wildman–Crippen LogP) is 4.10. The number of nitrogens with one attached hydrogen (secondary N) is 2. The third kappa shape index (κ3) is 3.71. The molecule has 0 spiro atoms. The zero-order valence-corrected chi connectivity index (χ0v) is 18.5. The topological polar surface area (TPSA) is 76.7 Å². The zero-order chi connectivity index (χ0) is 22.1. The molecule has 2 N–H and O–H groups in total. The summed E-state index contributed by atoms with van der Waals surface area (Å²) in [6, 6.07) is 10.2. The minimum absolute atomic E-state index is 0.689. The lowest BCUT2D eigenvalue weighted by molar-refractivity contribution is 0.207. The summed E-state index contributed by atoms with van der Waals surface area (Å²) in [5, 5.41) is 8.57. The molecule has 7 heteroatoms. The molecular weight excluding hydrogens is 398 g/mol. The van der Waals surface area contributed by atoms with Gasteiger partial charge in [-0.1, -0.05) is 18.7 Å². The molecule has 0 aromatic carbocycles. The Labute approximate surface area is 187 Å². The summed E-state index contributed by atoms with van der Waals surface area (Å²) in [4.78, 5) is 17.4. The summed E-state index contributed by atoms with van der Waals surface area (Å²) in [7, 11) is 2.17. The van der Waals surface area contributed by atoms with E-state index < -0.39 is 0 Å². The lowest BCUT2D eigenvalue weighted by Gasteiger charge is -2.35. The fourth-order valence-electron chi connectivity index (χ4n) is 4.26. The fourth-order valence-corrected chi connectivity index (χ4v) is 4.26. The van der Waals surface area contributed by atoms with Crippen LogP contribution in [0.1, 0.15) is 11.3 Å². The summed E-state index contributed by atoms with van der Waals surface area (Å²) >= 11 is 0. The molecule has 1 saturated heterocycles. The van der Waals surface area contributed by atoms with Gasteiger partial charge in [0.1, 0.15) is 0 Å². The molecule has 0 bridgehead atoms. The lowest BCUT2D eigenvalue weighted by Crippen LogP contribution is -2.43. The molecule has 0 atom stereocenters. The van der Waals surface area contributed by atoms with Gasteiger partial charge < -0.3 is 14.8 Å². The third-order valence-electron chi connectivity index (χ3n) is 6.05. The number of piperazine rings is 1. The first-order valence-electron chi connectivity index (χ1n) is 10.9. The molecule has 0 saturated carbocycles. The SMILES string of the molecule is C=C/C=C(\c1cc(-c2[nH]nc3ncc(-c4ccccn4)cc23)[nH]c1C)N1CCN(C)CC1. The van der Waals surface area contributed by atoms with Crippen molar-refractivity contribution in [2.45, 2.75) is 6.92 Å². The highest BCUT2D eigenvalue weighted by molar-refractivity contribution is 5.93. The van der Waals surface area contributed by atoms with Crippen molar-refractivity contribution in [1.29, 1.82) is 0 Å². The van der Waals surface area contributed by atoms with Gasteiger partial charge in [0.15, 0.2) is 5.65 Å². The Morgan fingerprint density at radius 2 is 1.97 bits per heavy atom. The first kappa shape index (κ1) is 20.2. The number of rotatable bonds is 5. The maximum atomic E-state index is 4.54. The largest absolute Gasteiger partial charge is 0.368 e. The molecule has 0 amide bonds. The van der Waals surface area contributed by atoms with Crippen LogP contribution in [0.3, 0.4) is 0 Å². The highest BCUT2D eigenvalue weighted by Crippen LogP contribution is 2.32. The molecule has 5 heterocycles. The van der Waals surface area contributed by atoms with Crippen LogP contribution in [0.5, 0.6) is 0 Å². The van der Waals surface area contributed by atoms with Crippen molar-refractivity contribution in [1.82, 2.24) is 34.9 Å². The Bertz CT molecular complexity index is 1270. The quantitative estimate of drug-likeness (QED) is 0.471. The van der Waals surface area contributed by atoms with Crippen molar-refractivity contribution in [3.63, 3.8) is 0 Å². The van der Waals surface area contributed by atoms with Gasteiger partial charge in [-0.15, -0.1) is 0 Å². The Balaban J connectivity index is 1.54. The molecule has 32 heavy (non-hydrogen) atoms. The van der Waals surface area contributed by atoms with E-state index in [1.807, 2.05) is 30.5 Å². The normalized spacial score (nSPS) is 15.4.